The summed E-state index contributed by atoms with van der Waals surface area (Å²) in [6.07, 6.45) is 1.49. The van der Waals surface area contributed by atoms with Gasteiger partial charge in [0.2, 0.25) is 5.16 Å². The van der Waals surface area contributed by atoms with E-state index >= 15 is 0 Å². The summed E-state index contributed by atoms with van der Waals surface area (Å²) in [7, 11) is 0. The number of carboxylic acid groups (broad SMARTS) is 1. The van der Waals surface area contributed by atoms with E-state index in [-0.39, 0.29) is 5.75 Å². The Morgan fingerprint density at radius 1 is 1.30 bits per heavy atom. The molecule has 0 aliphatic rings. The average Bonchev–Trinajstić information content (AvgIpc) is 2.77. The van der Waals surface area contributed by atoms with Crippen LogP contribution in [-0.4, -0.2) is 31.7 Å². The van der Waals surface area contributed by atoms with Gasteiger partial charge in [0.15, 0.2) is 5.82 Å². The summed E-state index contributed by atoms with van der Waals surface area (Å²) in [6, 6.07) is 8.28. The van der Waals surface area contributed by atoms with Gasteiger partial charge < -0.3 is 10.9 Å². The second-order valence-corrected chi connectivity index (χ2v) is 5.38. The molecule has 1 aromatic heterocycles. The highest BCUT2D eigenvalue weighted by atomic mass is 32.2. The quantitative estimate of drug-likeness (QED) is 0.615. The van der Waals surface area contributed by atoms with Crippen molar-refractivity contribution in [1.29, 1.82) is 0 Å². The molecule has 1 aromatic carbocycles. The predicted octanol–water partition coefficient (Wildman–Crippen LogP) is 1.26. The summed E-state index contributed by atoms with van der Waals surface area (Å²) in [5.74, 6) is 5.53. The molecule has 0 saturated carbocycles. The van der Waals surface area contributed by atoms with E-state index in [0.29, 0.717) is 17.4 Å². The molecule has 7 heteroatoms. The lowest BCUT2D eigenvalue weighted by molar-refractivity contribution is -0.133. The highest BCUT2D eigenvalue weighted by Gasteiger charge is 2.11. The highest BCUT2D eigenvalue weighted by Crippen LogP contribution is 2.15. The first-order valence-electron chi connectivity index (χ1n) is 6.16. The van der Waals surface area contributed by atoms with Crippen LogP contribution < -0.4 is 5.84 Å². The first kappa shape index (κ1) is 14.4. The fourth-order valence-electron chi connectivity index (χ4n) is 1.71. The number of benzene rings is 1. The fourth-order valence-corrected chi connectivity index (χ4v) is 2.31. The lowest BCUT2D eigenvalue weighted by atomic mass is 10.1. The molecule has 3 N–H and O–H groups in total. The topological polar surface area (TPSA) is 94.0 Å². The van der Waals surface area contributed by atoms with Gasteiger partial charge >= 0.3 is 5.97 Å². The smallest absolute Gasteiger partial charge is 0.313 e. The van der Waals surface area contributed by atoms with Crippen LogP contribution in [0.15, 0.2) is 29.4 Å². The largest absolute Gasteiger partial charge is 0.481 e. The van der Waals surface area contributed by atoms with Crippen LogP contribution in [0.25, 0.3) is 0 Å². The second-order valence-electron chi connectivity index (χ2n) is 4.44. The van der Waals surface area contributed by atoms with Crippen LogP contribution in [0.2, 0.25) is 0 Å². The fraction of sp³-hybridized carbons (Fsp3) is 0.308. The summed E-state index contributed by atoms with van der Waals surface area (Å²) >= 11 is 1.06. The van der Waals surface area contributed by atoms with Gasteiger partial charge in [-0.05, 0) is 18.9 Å². The zero-order valence-corrected chi connectivity index (χ0v) is 11.9. The second kappa shape index (κ2) is 6.42. The molecule has 20 heavy (non-hydrogen) atoms. The van der Waals surface area contributed by atoms with Crippen molar-refractivity contribution >= 4 is 17.7 Å². The zero-order valence-electron chi connectivity index (χ0n) is 11.1. The third kappa shape index (κ3) is 3.74. The van der Waals surface area contributed by atoms with Crippen LogP contribution in [0.3, 0.4) is 0 Å². The van der Waals surface area contributed by atoms with Crippen molar-refractivity contribution in [2.24, 2.45) is 0 Å². The highest BCUT2D eigenvalue weighted by molar-refractivity contribution is 7.99. The number of hydrogen-bond donors (Lipinski definition) is 2. The predicted molar refractivity (Wildman–Crippen MR) is 77.1 cm³/mol. The standard InChI is InChI=1S/C13H16N4O2S/c1-9-2-4-10(5-3-9)6-7-11-15-16-13(17(11)14)20-8-12(18)19/h2-5H,6-8,14H2,1H3,(H,18,19). The van der Waals surface area contributed by atoms with E-state index in [9.17, 15) is 4.79 Å². The Morgan fingerprint density at radius 3 is 2.65 bits per heavy atom. The number of aryl methyl sites for hydroxylation is 3. The molecule has 0 aliphatic heterocycles. The van der Waals surface area contributed by atoms with Gasteiger partial charge in [0.1, 0.15) is 0 Å². The number of rotatable bonds is 6. The zero-order chi connectivity index (χ0) is 14.5. The summed E-state index contributed by atoms with van der Waals surface area (Å²) in [4.78, 5) is 10.5. The molecule has 0 saturated heterocycles. The number of carbonyl (C=O) groups is 1. The Kier molecular flexibility index (Phi) is 4.62. The van der Waals surface area contributed by atoms with E-state index < -0.39 is 5.97 Å². The molecular weight excluding hydrogens is 276 g/mol. The van der Waals surface area contributed by atoms with Crippen molar-refractivity contribution in [2.45, 2.75) is 24.9 Å². The summed E-state index contributed by atoms with van der Waals surface area (Å²) in [5, 5.41) is 17.0. The maximum absolute atomic E-state index is 10.5. The van der Waals surface area contributed by atoms with Gasteiger partial charge in [-0.2, -0.15) is 0 Å². The monoisotopic (exact) mass is 292 g/mol. The minimum atomic E-state index is -0.904. The van der Waals surface area contributed by atoms with Crippen LogP contribution in [0.4, 0.5) is 0 Å². The van der Waals surface area contributed by atoms with E-state index in [1.54, 1.807) is 0 Å². The molecule has 0 bridgehead atoms. The van der Waals surface area contributed by atoms with E-state index in [0.717, 1.165) is 18.2 Å². The van der Waals surface area contributed by atoms with Gasteiger partial charge in [0, 0.05) is 6.42 Å². The van der Waals surface area contributed by atoms with Crippen molar-refractivity contribution in [2.75, 3.05) is 11.6 Å². The van der Waals surface area contributed by atoms with E-state index in [1.807, 2.05) is 6.92 Å². The van der Waals surface area contributed by atoms with E-state index in [1.165, 1.54) is 15.8 Å². The van der Waals surface area contributed by atoms with E-state index in [2.05, 4.69) is 34.5 Å². The summed E-state index contributed by atoms with van der Waals surface area (Å²) in [5.41, 5.74) is 2.43. The molecule has 2 rings (SSSR count). The summed E-state index contributed by atoms with van der Waals surface area (Å²) < 4.78 is 1.36. The minimum absolute atomic E-state index is 0.0761. The molecule has 2 aromatic rings. The van der Waals surface area contributed by atoms with Crippen molar-refractivity contribution in [3.8, 4) is 0 Å². The van der Waals surface area contributed by atoms with Gasteiger partial charge in [0.05, 0.1) is 5.75 Å². The number of aliphatic carboxylic acids is 1. The summed E-state index contributed by atoms with van der Waals surface area (Å²) in [6.45, 7) is 2.05. The van der Waals surface area contributed by atoms with Crippen LogP contribution in [0, 0.1) is 6.92 Å². The normalized spacial score (nSPS) is 10.7. The third-order valence-corrected chi connectivity index (χ3v) is 3.75. The van der Waals surface area contributed by atoms with E-state index in [4.69, 9.17) is 10.9 Å². The molecule has 0 unspecified atom stereocenters. The average molecular weight is 292 g/mol. The minimum Gasteiger partial charge on any atom is -0.481 e. The van der Waals surface area contributed by atoms with Crippen molar-refractivity contribution in [1.82, 2.24) is 14.9 Å². The van der Waals surface area contributed by atoms with Crippen molar-refractivity contribution in [3.63, 3.8) is 0 Å². The number of nitrogen functional groups attached to an aromatic ring is 1. The van der Waals surface area contributed by atoms with Crippen LogP contribution in [0.5, 0.6) is 0 Å². The molecule has 106 valence electrons. The van der Waals surface area contributed by atoms with Crippen molar-refractivity contribution in [3.05, 3.63) is 41.2 Å². The SMILES string of the molecule is Cc1ccc(CCc2nnc(SCC(=O)O)n2N)cc1. The molecule has 0 spiro atoms. The Hall–Kier alpha value is -2.02. The van der Waals surface area contributed by atoms with Gasteiger partial charge in [-0.3, -0.25) is 4.79 Å². The van der Waals surface area contributed by atoms with Crippen molar-refractivity contribution < 1.29 is 9.90 Å². The van der Waals surface area contributed by atoms with Crippen LogP contribution in [0.1, 0.15) is 17.0 Å². The molecule has 0 aliphatic carbocycles. The maximum Gasteiger partial charge on any atom is 0.313 e. The Morgan fingerprint density at radius 2 is 2.00 bits per heavy atom. The number of nitrogens with zero attached hydrogens (tertiary/aromatic N) is 3. The lowest BCUT2D eigenvalue weighted by Gasteiger charge is -2.03. The Bertz CT molecular complexity index is 595. The first-order chi connectivity index (χ1) is 9.56. The maximum atomic E-state index is 10.5. The Balaban J connectivity index is 1.96. The van der Waals surface area contributed by atoms with Gasteiger partial charge in [-0.15, -0.1) is 10.2 Å². The Labute approximate surface area is 121 Å². The number of nitrogens with two attached hydrogens (primary N) is 1. The van der Waals surface area contributed by atoms with Crippen LogP contribution in [-0.2, 0) is 17.6 Å². The third-order valence-electron chi connectivity index (χ3n) is 2.82. The van der Waals surface area contributed by atoms with Gasteiger partial charge in [0.25, 0.3) is 0 Å². The van der Waals surface area contributed by atoms with Gasteiger partial charge in [-0.25, -0.2) is 4.68 Å². The molecular formula is C13H16N4O2S. The molecule has 0 amide bonds. The molecule has 0 radical (unpaired) electrons. The van der Waals surface area contributed by atoms with Gasteiger partial charge in [-0.1, -0.05) is 41.6 Å². The number of thioether (sulfide) groups is 1. The first-order valence-corrected chi connectivity index (χ1v) is 7.14. The number of hydrogen-bond acceptors (Lipinski definition) is 5. The molecule has 6 nitrogen and oxygen atoms in total. The molecule has 0 atom stereocenters. The lowest BCUT2D eigenvalue weighted by Crippen LogP contribution is -2.15. The molecule has 1 heterocycles. The number of aromatic nitrogens is 3. The van der Waals surface area contributed by atoms with Crippen LogP contribution >= 0.6 is 11.8 Å². The number of carboxylic acids is 1. The molecule has 0 fully saturated rings.